The molecule has 1 aromatic carbocycles. The molecule has 0 aliphatic carbocycles. The summed E-state index contributed by atoms with van der Waals surface area (Å²) >= 11 is 0. The Balaban J connectivity index is 1.66. The van der Waals surface area contributed by atoms with Crippen molar-refractivity contribution in [3.8, 4) is 17.4 Å². The van der Waals surface area contributed by atoms with Crippen LogP contribution >= 0.6 is 0 Å². The Hall–Kier alpha value is -3.29. The van der Waals surface area contributed by atoms with Crippen LogP contribution in [0.5, 0.6) is 17.4 Å². The largest absolute Gasteiger partial charge is 0.497 e. The van der Waals surface area contributed by atoms with Crippen molar-refractivity contribution < 1.29 is 23.8 Å². The molecule has 0 bridgehead atoms. The molecule has 1 fully saturated rings. The van der Waals surface area contributed by atoms with E-state index in [1.54, 1.807) is 49.6 Å². The quantitative estimate of drug-likeness (QED) is 0.680. The SMILES string of the molecule is CCCOc1ncccc1CNC(=O)C1CC(=O)N(c2cc(OC)ccc2OC)C1. The molecule has 8 nitrogen and oxygen atoms in total. The molecule has 8 heteroatoms. The van der Waals surface area contributed by atoms with E-state index in [4.69, 9.17) is 14.2 Å². The van der Waals surface area contributed by atoms with E-state index >= 15 is 0 Å². The van der Waals surface area contributed by atoms with Crippen molar-refractivity contribution in [2.24, 2.45) is 5.92 Å². The summed E-state index contributed by atoms with van der Waals surface area (Å²) in [6.45, 7) is 3.15. The predicted octanol–water partition coefficient (Wildman–Crippen LogP) is 2.56. The van der Waals surface area contributed by atoms with Gasteiger partial charge in [0, 0.05) is 37.3 Å². The van der Waals surface area contributed by atoms with Gasteiger partial charge in [-0.25, -0.2) is 4.98 Å². The third-order valence-electron chi connectivity index (χ3n) is 4.92. The number of benzene rings is 1. The number of carbonyl (C=O) groups excluding carboxylic acids is 2. The number of aromatic nitrogens is 1. The van der Waals surface area contributed by atoms with Crippen LogP contribution < -0.4 is 24.4 Å². The Labute approximate surface area is 176 Å². The zero-order valence-corrected chi connectivity index (χ0v) is 17.5. The second-order valence-corrected chi connectivity index (χ2v) is 6.98. The lowest BCUT2D eigenvalue weighted by Crippen LogP contribution is -2.32. The first kappa shape index (κ1) is 21.4. The number of nitrogens with one attached hydrogen (secondary N) is 1. The third-order valence-corrected chi connectivity index (χ3v) is 4.92. The van der Waals surface area contributed by atoms with Gasteiger partial charge in [0.25, 0.3) is 0 Å². The van der Waals surface area contributed by atoms with E-state index in [1.807, 2.05) is 13.0 Å². The maximum Gasteiger partial charge on any atom is 0.227 e. The van der Waals surface area contributed by atoms with E-state index in [0.717, 1.165) is 12.0 Å². The zero-order chi connectivity index (χ0) is 21.5. The highest BCUT2D eigenvalue weighted by molar-refractivity contribution is 6.01. The van der Waals surface area contributed by atoms with Crippen molar-refractivity contribution in [1.29, 1.82) is 0 Å². The predicted molar refractivity (Wildman–Crippen MR) is 112 cm³/mol. The molecule has 1 atom stereocenters. The number of hydrogen-bond acceptors (Lipinski definition) is 6. The average Bonchev–Trinajstić information content (AvgIpc) is 3.17. The molecule has 1 aromatic heterocycles. The number of pyridine rings is 1. The van der Waals surface area contributed by atoms with Crippen molar-refractivity contribution >= 4 is 17.5 Å². The van der Waals surface area contributed by atoms with Gasteiger partial charge in [0.05, 0.1) is 32.4 Å². The van der Waals surface area contributed by atoms with Crippen LogP contribution in [0.25, 0.3) is 0 Å². The highest BCUT2D eigenvalue weighted by Gasteiger charge is 2.36. The molecule has 3 rings (SSSR count). The van der Waals surface area contributed by atoms with Gasteiger partial charge < -0.3 is 24.4 Å². The molecule has 1 saturated heterocycles. The summed E-state index contributed by atoms with van der Waals surface area (Å²) in [5.74, 6) is 0.920. The van der Waals surface area contributed by atoms with Crippen LogP contribution in [0.15, 0.2) is 36.5 Å². The first-order chi connectivity index (χ1) is 14.6. The van der Waals surface area contributed by atoms with Crippen molar-refractivity contribution in [1.82, 2.24) is 10.3 Å². The number of nitrogens with zero attached hydrogens (tertiary/aromatic N) is 2. The molecule has 1 aliphatic rings. The Morgan fingerprint density at radius 2 is 2.10 bits per heavy atom. The van der Waals surface area contributed by atoms with Crippen molar-refractivity contribution in [2.45, 2.75) is 26.3 Å². The van der Waals surface area contributed by atoms with Crippen LogP contribution in [0.4, 0.5) is 5.69 Å². The van der Waals surface area contributed by atoms with E-state index in [0.29, 0.717) is 36.2 Å². The lowest BCUT2D eigenvalue weighted by atomic mass is 10.1. The van der Waals surface area contributed by atoms with Crippen LogP contribution in [0.3, 0.4) is 0 Å². The summed E-state index contributed by atoms with van der Waals surface area (Å²) in [4.78, 5) is 31.2. The number of ether oxygens (including phenoxy) is 3. The average molecular weight is 413 g/mol. The van der Waals surface area contributed by atoms with Gasteiger partial charge in [0.2, 0.25) is 17.7 Å². The fourth-order valence-corrected chi connectivity index (χ4v) is 3.34. The maximum atomic E-state index is 12.7. The number of methoxy groups -OCH3 is 2. The number of amides is 2. The first-order valence-electron chi connectivity index (χ1n) is 9.94. The molecule has 1 N–H and O–H groups in total. The smallest absolute Gasteiger partial charge is 0.227 e. The maximum absolute atomic E-state index is 12.7. The van der Waals surface area contributed by atoms with E-state index in [1.165, 1.54) is 0 Å². The van der Waals surface area contributed by atoms with Gasteiger partial charge in [0.15, 0.2) is 0 Å². The van der Waals surface area contributed by atoms with Gasteiger partial charge in [-0.3, -0.25) is 9.59 Å². The minimum atomic E-state index is -0.454. The Morgan fingerprint density at radius 1 is 1.27 bits per heavy atom. The molecule has 2 heterocycles. The molecule has 1 aliphatic heterocycles. The third kappa shape index (κ3) is 4.82. The summed E-state index contributed by atoms with van der Waals surface area (Å²) in [5, 5.41) is 2.91. The van der Waals surface area contributed by atoms with Crippen LogP contribution in [-0.2, 0) is 16.1 Å². The number of anilines is 1. The fraction of sp³-hybridized carbons (Fsp3) is 0.409. The highest BCUT2D eigenvalue weighted by atomic mass is 16.5. The van der Waals surface area contributed by atoms with E-state index in [2.05, 4.69) is 10.3 Å². The van der Waals surface area contributed by atoms with Gasteiger partial charge in [-0.2, -0.15) is 0 Å². The van der Waals surface area contributed by atoms with Gasteiger partial charge in [-0.05, 0) is 24.6 Å². The fourth-order valence-electron chi connectivity index (χ4n) is 3.34. The van der Waals surface area contributed by atoms with Crippen LogP contribution in [0.1, 0.15) is 25.3 Å². The zero-order valence-electron chi connectivity index (χ0n) is 17.5. The van der Waals surface area contributed by atoms with E-state index in [-0.39, 0.29) is 24.8 Å². The minimum absolute atomic E-state index is 0.130. The summed E-state index contributed by atoms with van der Waals surface area (Å²) < 4.78 is 16.3. The van der Waals surface area contributed by atoms with Gasteiger partial charge >= 0.3 is 0 Å². The van der Waals surface area contributed by atoms with Crippen LogP contribution in [0, 0.1) is 5.92 Å². The Bertz CT molecular complexity index is 902. The monoisotopic (exact) mass is 413 g/mol. The second kappa shape index (κ2) is 9.96. The summed E-state index contributed by atoms with van der Waals surface area (Å²) in [5.41, 5.74) is 1.40. The van der Waals surface area contributed by atoms with Crippen molar-refractivity contribution in [3.05, 3.63) is 42.1 Å². The Morgan fingerprint density at radius 3 is 2.83 bits per heavy atom. The number of hydrogen-bond donors (Lipinski definition) is 1. The van der Waals surface area contributed by atoms with Gasteiger partial charge in [-0.1, -0.05) is 13.0 Å². The molecule has 30 heavy (non-hydrogen) atoms. The highest BCUT2D eigenvalue weighted by Crippen LogP contribution is 2.36. The van der Waals surface area contributed by atoms with Gasteiger partial charge in [0.1, 0.15) is 11.5 Å². The van der Waals surface area contributed by atoms with Crippen LogP contribution in [-0.4, -0.2) is 44.2 Å². The molecule has 160 valence electrons. The molecule has 0 spiro atoms. The Kier molecular flexibility index (Phi) is 7.11. The first-order valence-corrected chi connectivity index (χ1v) is 9.94. The molecule has 0 saturated carbocycles. The van der Waals surface area contributed by atoms with Crippen molar-refractivity contribution in [2.75, 3.05) is 32.3 Å². The van der Waals surface area contributed by atoms with Crippen LogP contribution in [0.2, 0.25) is 0 Å². The molecule has 1 unspecified atom stereocenters. The molecular weight excluding hydrogens is 386 g/mol. The van der Waals surface area contributed by atoms with Crippen molar-refractivity contribution in [3.63, 3.8) is 0 Å². The molecular formula is C22H27N3O5. The normalized spacial score (nSPS) is 15.8. The second-order valence-electron chi connectivity index (χ2n) is 6.98. The minimum Gasteiger partial charge on any atom is -0.497 e. The molecule has 2 aromatic rings. The van der Waals surface area contributed by atoms with Gasteiger partial charge in [-0.15, -0.1) is 0 Å². The molecule has 0 radical (unpaired) electrons. The van der Waals surface area contributed by atoms with E-state index in [9.17, 15) is 9.59 Å². The molecule has 2 amide bonds. The number of carbonyl (C=O) groups is 2. The van der Waals surface area contributed by atoms with E-state index < -0.39 is 5.92 Å². The summed E-state index contributed by atoms with van der Waals surface area (Å²) in [6.07, 6.45) is 2.67. The lowest BCUT2D eigenvalue weighted by molar-refractivity contribution is -0.126. The topological polar surface area (TPSA) is 90.0 Å². The summed E-state index contributed by atoms with van der Waals surface area (Å²) in [7, 11) is 3.10. The number of rotatable bonds is 9. The standard InChI is InChI=1S/C22H27N3O5/c1-4-10-30-22-15(6-5-9-23-22)13-24-21(27)16-11-20(26)25(14-16)18-12-17(28-2)7-8-19(18)29-3/h5-9,12,16H,4,10-11,13-14H2,1-3H3,(H,24,27). The summed E-state index contributed by atoms with van der Waals surface area (Å²) in [6, 6.07) is 8.92. The lowest BCUT2D eigenvalue weighted by Gasteiger charge is -2.20.